The molecule has 162 valence electrons. The maximum absolute atomic E-state index is 10.0. The van der Waals surface area contributed by atoms with Gasteiger partial charge in [0.05, 0.1) is 14.2 Å². The number of hydrogen-bond donors (Lipinski definition) is 1. The first-order valence-electron chi connectivity index (χ1n) is 10.5. The number of rotatable bonds is 6. The van der Waals surface area contributed by atoms with Crippen molar-refractivity contribution in [3.8, 4) is 28.7 Å². The summed E-state index contributed by atoms with van der Waals surface area (Å²) in [7, 11) is 5.52. The quantitative estimate of drug-likeness (QED) is 0.589. The average molecular weight is 420 g/mol. The molecule has 3 aromatic carbocycles. The molecule has 0 fully saturated rings. The summed E-state index contributed by atoms with van der Waals surface area (Å²) in [4.78, 5) is 2.39. The molecule has 1 N–H and O–H groups in total. The lowest BCUT2D eigenvalue weighted by Crippen LogP contribution is -2.33. The maximum Gasteiger partial charge on any atom is 0.169 e. The van der Waals surface area contributed by atoms with Crippen molar-refractivity contribution >= 4 is 0 Å². The van der Waals surface area contributed by atoms with Crippen molar-refractivity contribution in [2.45, 2.75) is 25.8 Å². The Hall–Kier alpha value is -3.18. The molecule has 0 aromatic heterocycles. The van der Waals surface area contributed by atoms with Crippen molar-refractivity contribution in [1.29, 1.82) is 0 Å². The second-order valence-electron chi connectivity index (χ2n) is 8.07. The fraction of sp³-hybridized carbons (Fsp3) is 0.308. The van der Waals surface area contributed by atoms with Crippen LogP contribution in [-0.4, -0.2) is 37.8 Å². The summed E-state index contributed by atoms with van der Waals surface area (Å²) in [6.45, 7) is 2.97. The Morgan fingerprint density at radius 2 is 1.65 bits per heavy atom. The molecule has 0 spiro atoms. The number of phenols is 1. The summed E-state index contributed by atoms with van der Waals surface area (Å²) in [6.07, 6.45) is 1.88. The van der Waals surface area contributed by atoms with Crippen LogP contribution in [0.25, 0.3) is 0 Å². The predicted octanol–water partition coefficient (Wildman–Crippen LogP) is 5.28. The van der Waals surface area contributed by atoms with Crippen molar-refractivity contribution in [3.05, 3.63) is 76.9 Å². The van der Waals surface area contributed by atoms with Gasteiger partial charge in [-0.3, -0.25) is 4.90 Å². The Kier molecular flexibility index (Phi) is 6.05. The third-order valence-electron chi connectivity index (χ3n) is 5.97. The van der Waals surface area contributed by atoms with Gasteiger partial charge in [0.25, 0.3) is 0 Å². The SMILES string of the molecule is COc1cc2c(cc1OC)C(Cc1ccc(Oc3cc(C)ccc3O)cc1)N(C)CC2. The van der Waals surface area contributed by atoms with E-state index in [1.54, 1.807) is 20.3 Å². The van der Waals surface area contributed by atoms with Crippen LogP contribution in [0.4, 0.5) is 0 Å². The molecule has 3 aromatic rings. The summed E-state index contributed by atoms with van der Waals surface area (Å²) >= 11 is 0. The smallest absolute Gasteiger partial charge is 0.169 e. The van der Waals surface area contributed by atoms with E-state index in [1.165, 1.54) is 16.7 Å². The van der Waals surface area contributed by atoms with E-state index < -0.39 is 0 Å². The molecule has 31 heavy (non-hydrogen) atoms. The average Bonchev–Trinajstić information content (AvgIpc) is 2.78. The molecule has 0 saturated carbocycles. The number of likely N-dealkylation sites (N-methyl/N-ethyl adjacent to an activating group) is 1. The zero-order chi connectivity index (χ0) is 22.0. The molecule has 0 saturated heterocycles. The summed E-state index contributed by atoms with van der Waals surface area (Å²) in [5.41, 5.74) is 4.86. The van der Waals surface area contributed by atoms with Gasteiger partial charge in [-0.15, -0.1) is 0 Å². The summed E-state index contributed by atoms with van der Waals surface area (Å²) in [6, 6.07) is 17.9. The van der Waals surface area contributed by atoms with Crippen molar-refractivity contribution in [2.24, 2.45) is 0 Å². The van der Waals surface area contributed by atoms with Crippen LogP contribution in [-0.2, 0) is 12.8 Å². The van der Waals surface area contributed by atoms with E-state index in [4.69, 9.17) is 14.2 Å². The molecule has 1 heterocycles. The highest BCUT2D eigenvalue weighted by Gasteiger charge is 2.27. The number of nitrogens with zero attached hydrogens (tertiary/aromatic N) is 1. The summed E-state index contributed by atoms with van der Waals surface area (Å²) < 4.78 is 16.9. The minimum atomic E-state index is 0.138. The fourth-order valence-electron chi connectivity index (χ4n) is 4.17. The van der Waals surface area contributed by atoms with E-state index in [-0.39, 0.29) is 11.8 Å². The molecule has 0 aliphatic carbocycles. The highest BCUT2D eigenvalue weighted by atomic mass is 16.5. The van der Waals surface area contributed by atoms with Crippen LogP contribution >= 0.6 is 0 Å². The minimum Gasteiger partial charge on any atom is -0.504 e. The van der Waals surface area contributed by atoms with Crippen LogP contribution in [0.1, 0.15) is 28.3 Å². The first-order valence-corrected chi connectivity index (χ1v) is 10.5. The minimum absolute atomic E-state index is 0.138. The number of ether oxygens (including phenoxy) is 3. The van der Waals surface area contributed by atoms with Gasteiger partial charge in [0, 0.05) is 12.6 Å². The number of benzene rings is 3. The number of hydrogen-bond acceptors (Lipinski definition) is 5. The highest BCUT2D eigenvalue weighted by Crippen LogP contribution is 2.39. The molecule has 1 aliphatic rings. The topological polar surface area (TPSA) is 51.2 Å². The predicted molar refractivity (Wildman–Crippen MR) is 122 cm³/mol. The molecule has 1 unspecified atom stereocenters. The van der Waals surface area contributed by atoms with Gasteiger partial charge in [-0.25, -0.2) is 0 Å². The van der Waals surface area contributed by atoms with Crippen molar-refractivity contribution in [1.82, 2.24) is 4.90 Å². The van der Waals surface area contributed by atoms with Crippen LogP contribution in [0.3, 0.4) is 0 Å². The van der Waals surface area contributed by atoms with Crippen molar-refractivity contribution in [2.75, 3.05) is 27.8 Å². The molecule has 4 rings (SSSR count). The standard InChI is InChI=1S/C26H29NO4/c1-17-5-10-23(28)24(13-17)31-20-8-6-18(7-9-20)14-22-21-16-26(30-4)25(29-3)15-19(21)11-12-27(22)2/h5-10,13,15-16,22,28H,11-12,14H2,1-4H3. The van der Waals surface area contributed by atoms with Crippen LogP contribution in [0.5, 0.6) is 28.7 Å². The monoisotopic (exact) mass is 419 g/mol. The van der Waals surface area contributed by atoms with Crippen LogP contribution < -0.4 is 14.2 Å². The van der Waals surface area contributed by atoms with E-state index in [2.05, 4.69) is 36.2 Å². The van der Waals surface area contributed by atoms with Crippen LogP contribution in [0.15, 0.2) is 54.6 Å². The summed E-state index contributed by atoms with van der Waals surface area (Å²) in [5.74, 6) is 2.86. The first kappa shape index (κ1) is 21.1. The number of aromatic hydroxyl groups is 1. The molecule has 0 bridgehead atoms. The van der Waals surface area contributed by atoms with Crippen LogP contribution in [0.2, 0.25) is 0 Å². The number of aryl methyl sites for hydroxylation is 1. The van der Waals surface area contributed by atoms with E-state index in [0.29, 0.717) is 11.5 Å². The van der Waals surface area contributed by atoms with Gasteiger partial charge < -0.3 is 19.3 Å². The molecule has 5 heteroatoms. The van der Waals surface area contributed by atoms with Gasteiger partial charge in [-0.05, 0) is 85.5 Å². The van der Waals surface area contributed by atoms with Gasteiger partial charge in [0.15, 0.2) is 23.0 Å². The van der Waals surface area contributed by atoms with Gasteiger partial charge in [0.2, 0.25) is 0 Å². The first-order chi connectivity index (χ1) is 15.0. The van der Waals surface area contributed by atoms with Gasteiger partial charge in [-0.1, -0.05) is 18.2 Å². The molecule has 1 aliphatic heterocycles. The van der Waals surface area contributed by atoms with Crippen molar-refractivity contribution < 1.29 is 19.3 Å². The number of fused-ring (bicyclic) bond motifs is 1. The second kappa shape index (κ2) is 8.90. The Morgan fingerprint density at radius 3 is 2.35 bits per heavy atom. The van der Waals surface area contributed by atoms with E-state index in [1.807, 2.05) is 31.2 Å². The van der Waals surface area contributed by atoms with Gasteiger partial charge in [0.1, 0.15) is 5.75 Å². The molecular formula is C26H29NO4. The molecular weight excluding hydrogens is 390 g/mol. The molecule has 5 nitrogen and oxygen atoms in total. The van der Waals surface area contributed by atoms with Crippen LogP contribution in [0, 0.1) is 6.92 Å². The second-order valence-corrected chi connectivity index (χ2v) is 8.07. The molecule has 0 amide bonds. The lowest BCUT2D eigenvalue weighted by Gasteiger charge is -2.35. The molecule has 0 radical (unpaired) electrons. The largest absolute Gasteiger partial charge is 0.504 e. The molecule has 1 atom stereocenters. The van der Waals surface area contributed by atoms with E-state index in [9.17, 15) is 5.11 Å². The van der Waals surface area contributed by atoms with E-state index >= 15 is 0 Å². The lowest BCUT2D eigenvalue weighted by atomic mass is 9.88. The maximum atomic E-state index is 10.0. The summed E-state index contributed by atoms with van der Waals surface area (Å²) in [5, 5.41) is 10.0. The third kappa shape index (κ3) is 4.47. The Labute approximate surface area is 183 Å². The van der Waals surface area contributed by atoms with Crippen molar-refractivity contribution in [3.63, 3.8) is 0 Å². The zero-order valence-electron chi connectivity index (χ0n) is 18.5. The van der Waals surface area contributed by atoms with E-state index in [0.717, 1.165) is 36.4 Å². The fourth-order valence-corrected chi connectivity index (χ4v) is 4.17. The Bertz CT molecular complexity index is 1060. The highest BCUT2D eigenvalue weighted by molar-refractivity contribution is 5.50. The normalized spacial score (nSPS) is 15.9. The lowest BCUT2D eigenvalue weighted by molar-refractivity contribution is 0.228. The number of phenolic OH excluding ortho intramolecular Hbond substituents is 1. The van der Waals surface area contributed by atoms with Gasteiger partial charge in [-0.2, -0.15) is 0 Å². The number of methoxy groups -OCH3 is 2. The van der Waals surface area contributed by atoms with Gasteiger partial charge >= 0.3 is 0 Å². The third-order valence-corrected chi connectivity index (χ3v) is 5.97. The Morgan fingerprint density at radius 1 is 0.935 bits per heavy atom. The zero-order valence-corrected chi connectivity index (χ0v) is 18.5. The Balaban J connectivity index is 1.55.